The van der Waals surface area contributed by atoms with Crippen molar-refractivity contribution in [1.82, 2.24) is 9.71 Å². The number of benzene rings is 2. The van der Waals surface area contributed by atoms with Crippen molar-refractivity contribution in [1.29, 1.82) is 0 Å². The number of sulfonamides is 1. The number of pyridine rings is 1. The summed E-state index contributed by atoms with van der Waals surface area (Å²) < 4.78 is 39.0. The van der Waals surface area contributed by atoms with E-state index in [2.05, 4.69) is 9.71 Å². The van der Waals surface area contributed by atoms with Crippen molar-refractivity contribution in [2.45, 2.75) is 18.2 Å². The molecule has 7 heteroatoms. The van der Waals surface area contributed by atoms with Gasteiger partial charge in [-0.3, -0.25) is 4.98 Å². The molecule has 0 unspecified atom stereocenters. The number of hydrogen-bond acceptors (Lipinski definition) is 5. The van der Waals surface area contributed by atoms with E-state index >= 15 is 0 Å². The third-order valence-electron chi connectivity index (χ3n) is 4.16. The van der Waals surface area contributed by atoms with Crippen LogP contribution >= 0.6 is 0 Å². The first kappa shape index (κ1) is 19.1. The SMILES string of the molecule is CCOc1ccc(CCNS(=O)(=O)c2cccc3cnccc23)cc1OC. The molecule has 0 fully saturated rings. The van der Waals surface area contributed by atoms with Crippen LogP contribution in [-0.4, -0.2) is 33.7 Å². The van der Waals surface area contributed by atoms with E-state index in [4.69, 9.17) is 9.47 Å². The lowest BCUT2D eigenvalue weighted by molar-refractivity contribution is 0.310. The molecular formula is C20H22N2O4S. The van der Waals surface area contributed by atoms with Crippen LogP contribution in [0, 0.1) is 0 Å². The Hall–Kier alpha value is -2.64. The lowest BCUT2D eigenvalue weighted by Gasteiger charge is -2.12. The molecule has 6 nitrogen and oxygen atoms in total. The van der Waals surface area contributed by atoms with Gasteiger partial charge in [0.2, 0.25) is 10.0 Å². The lowest BCUT2D eigenvalue weighted by Crippen LogP contribution is -2.26. The largest absolute Gasteiger partial charge is 0.493 e. The zero-order valence-corrected chi connectivity index (χ0v) is 16.1. The van der Waals surface area contributed by atoms with Gasteiger partial charge in [-0.05, 0) is 43.2 Å². The first-order chi connectivity index (χ1) is 13.0. The maximum Gasteiger partial charge on any atom is 0.241 e. The van der Waals surface area contributed by atoms with E-state index in [1.807, 2.05) is 31.2 Å². The number of fused-ring (bicyclic) bond motifs is 1. The van der Waals surface area contributed by atoms with Gasteiger partial charge in [0.25, 0.3) is 0 Å². The Kier molecular flexibility index (Phi) is 5.93. The van der Waals surface area contributed by atoms with E-state index in [0.29, 0.717) is 29.9 Å². The fourth-order valence-corrected chi connectivity index (χ4v) is 4.14. The van der Waals surface area contributed by atoms with Crippen molar-refractivity contribution in [3.63, 3.8) is 0 Å². The fourth-order valence-electron chi connectivity index (χ4n) is 2.88. The quantitative estimate of drug-likeness (QED) is 0.643. The van der Waals surface area contributed by atoms with Crippen molar-refractivity contribution >= 4 is 20.8 Å². The number of methoxy groups -OCH3 is 1. The van der Waals surface area contributed by atoms with Crippen molar-refractivity contribution < 1.29 is 17.9 Å². The highest BCUT2D eigenvalue weighted by Crippen LogP contribution is 2.28. The van der Waals surface area contributed by atoms with Gasteiger partial charge < -0.3 is 9.47 Å². The van der Waals surface area contributed by atoms with Crippen molar-refractivity contribution in [2.75, 3.05) is 20.3 Å². The van der Waals surface area contributed by atoms with Crippen LogP contribution in [0.25, 0.3) is 10.8 Å². The van der Waals surface area contributed by atoms with Gasteiger partial charge in [0.1, 0.15) is 0 Å². The molecule has 1 heterocycles. The average Bonchev–Trinajstić information content (AvgIpc) is 2.68. The fraction of sp³-hybridized carbons (Fsp3) is 0.250. The van der Waals surface area contributed by atoms with Gasteiger partial charge >= 0.3 is 0 Å². The van der Waals surface area contributed by atoms with E-state index in [1.54, 1.807) is 37.7 Å². The molecule has 0 spiro atoms. The molecule has 0 atom stereocenters. The predicted octanol–water partition coefficient (Wildman–Crippen LogP) is 3.16. The summed E-state index contributed by atoms with van der Waals surface area (Å²) >= 11 is 0. The van der Waals surface area contributed by atoms with E-state index in [9.17, 15) is 8.42 Å². The van der Waals surface area contributed by atoms with Crippen LogP contribution in [0.2, 0.25) is 0 Å². The average molecular weight is 386 g/mol. The first-order valence-corrected chi connectivity index (χ1v) is 10.2. The predicted molar refractivity (Wildman–Crippen MR) is 105 cm³/mol. The molecular weight excluding hydrogens is 364 g/mol. The van der Waals surface area contributed by atoms with E-state index < -0.39 is 10.0 Å². The molecule has 0 amide bonds. The molecule has 0 aliphatic heterocycles. The van der Waals surface area contributed by atoms with Gasteiger partial charge in [-0.15, -0.1) is 0 Å². The zero-order chi connectivity index (χ0) is 19.3. The number of aromatic nitrogens is 1. The van der Waals surface area contributed by atoms with Crippen molar-refractivity contribution in [3.05, 3.63) is 60.4 Å². The van der Waals surface area contributed by atoms with Crippen LogP contribution in [0.1, 0.15) is 12.5 Å². The third-order valence-corrected chi connectivity index (χ3v) is 5.68. The third kappa shape index (κ3) is 4.37. The summed E-state index contributed by atoms with van der Waals surface area (Å²) in [5, 5.41) is 1.44. The Balaban J connectivity index is 1.73. The van der Waals surface area contributed by atoms with Gasteiger partial charge in [-0.25, -0.2) is 13.1 Å². The van der Waals surface area contributed by atoms with Crippen LogP contribution in [0.15, 0.2) is 59.8 Å². The Bertz CT molecular complexity index is 1030. The molecule has 27 heavy (non-hydrogen) atoms. The van der Waals surface area contributed by atoms with Crippen LogP contribution < -0.4 is 14.2 Å². The van der Waals surface area contributed by atoms with E-state index in [0.717, 1.165) is 10.9 Å². The maximum absolute atomic E-state index is 12.7. The molecule has 0 aliphatic rings. The molecule has 0 aliphatic carbocycles. The highest BCUT2D eigenvalue weighted by Gasteiger charge is 2.16. The first-order valence-electron chi connectivity index (χ1n) is 8.67. The molecule has 2 aromatic carbocycles. The second-order valence-electron chi connectivity index (χ2n) is 5.92. The monoisotopic (exact) mass is 386 g/mol. The summed E-state index contributed by atoms with van der Waals surface area (Å²) in [4.78, 5) is 4.29. The smallest absolute Gasteiger partial charge is 0.241 e. The van der Waals surface area contributed by atoms with Crippen molar-refractivity contribution in [3.8, 4) is 11.5 Å². The molecule has 0 bridgehead atoms. The second kappa shape index (κ2) is 8.37. The normalized spacial score (nSPS) is 11.5. The Morgan fingerprint density at radius 1 is 1.11 bits per heavy atom. The number of hydrogen-bond donors (Lipinski definition) is 1. The minimum absolute atomic E-state index is 0.256. The molecule has 3 aromatic rings. The number of nitrogens with zero attached hydrogens (tertiary/aromatic N) is 1. The second-order valence-corrected chi connectivity index (χ2v) is 7.65. The highest BCUT2D eigenvalue weighted by molar-refractivity contribution is 7.89. The Morgan fingerprint density at radius 2 is 1.96 bits per heavy atom. The Morgan fingerprint density at radius 3 is 2.74 bits per heavy atom. The number of nitrogens with one attached hydrogen (secondary N) is 1. The summed E-state index contributed by atoms with van der Waals surface area (Å²) in [6, 6.07) is 12.5. The molecule has 0 radical (unpaired) electrons. The lowest BCUT2D eigenvalue weighted by atomic mass is 10.1. The van der Waals surface area contributed by atoms with Crippen LogP contribution in [0.5, 0.6) is 11.5 Å². The number of rotatable bonds is 8. The summed E-state index contributed by atoms with van der Waals surface area (Å²) in [7, 11) is -2.04. The molecule has 142 valence electrons. The van der Waals surface area contributed by atoms with E-state index in [1.165, 1.54) is 0 Å². The zero-order valence-electron chi connectivity index (χ0n) is 15.3. The van der Waals surface area contributed by atoms with Gasteiger partial charge in [0.05, 0.1) is 18.6 Å². The minimum atomic E-state index is -3.62. The molecule has 1 N–H and O–H groups in total. The van der Waals surface area contributed by atoms with Crippen LogP contribution in [-0.2, 0) is 16.4 Å². The van der Waals surface area contributed by atoms with Gasteiger partial charge in [0, 0.05) is 29.7 Å². The van der Waals surface area contributed by atoms with Gasteiger partial charge in [-0.2, -0.15) is 0 Å². The van der Waals surface area contributed by atoms with Gasteiger partial charge in [-0.1, -0.05) is 18.2 Å². The highest BCUT2D eigenvalue weighted by atomic mass is 32.2. The summed E-state index contributed by atoms with van der Waals surface area (Å²) in [5.74, 6) is 1.31. The molecule has 3 rings (SSSR count). The van der Waals surface area contributed by atoms with Crippen LogP contribution in [0.3, 0.4) is 0 Å². The molecule has 0 saturated carbocycles. The topological polar surface area (TPSA) is 77.5 Å². The minimum Gasteiger partial charge on any atom is -0.493 e. The summed E-state index contributed by atoms with van der Waals surface area (Å²) in [6.45, 7) is 2.74. The van der Waals surface area contributed by atoms with Crippen molar-refractivity contribution in [2.24, 2.45) is 0 Å². The van der Waals surface area contributed by atoms with Crippen LogP contribution in [0.4, 0.5) is 0 Å². The summed E-state index contributed by atoms with van der Waals surface area (Å²) in [6.07, 6.45) is 3.78. The molecule has 0 saturated heterocycles. The Labute approximate surface area is 159 Å². The number of ether oxygens (including phenoxy) is 2. The molecule has 1 aromatic heterocycles. The standard InChI is InChI=1S/C20H22N2O4S/c1-3-26-18-8-7-15(13-19(18)25-2)9-12-22-27(23,24)20-6-4-5-16-14-21-11-10-17(16)20/h4-8,10-11,13-14,22H,3,9,12H2,1-2H3. The summed E-state index contributed by atoms with van der Waals surface area (Å²) in [5.41, 5.74) is 0.958. The van der Waals surface area contributed by atoms with Gasteiger partial charge in [0.15, 0.2) is 11.5 Å². The van der Waals surface area contributed by atoms with E-state index in [-0.39, 0.29) is 11.4 Å². The maximum atomic E-state index is 12.7.